The van der Waals surface area contributed by atoms with Gasteiger partial charge in [0, 0.05) is 12.6 Å². The van der Waals surface area contributed by atoms with Crippen molar-refractivity contribution in [3.05, 3.63) is 35.4 Å². The van der Waals surface area contributed by atoms with Gasteiger partial charge in [0.25, 0.3) is 0 Å². The van der Waals surface area contributed by atoms with Crippen LogP contribution in [0.15, 0.2) is 24.3 Å². The van der Waals surface area contributed by atoms with Crippen LogP contribution in [-0.2, 0) is 6.42 Å². The molecule has 0 spiro atoms. The maximum atomic E-state index is 3.77. The van der Waals surface area contributed by atoms with Gasteiger partial charge in [0.2, 0.25) is 0 Å². The third kappa shape index (κ3) is 2.40. The molecule has 3 atom stereocenters. The van der Waals surface area contributed by atoms with Crippen LogP contribution in [-0.4, -0.2) is 12.6 Å². The van der Waals surface area contributed by atoms with Crippen molar-refractivity contribution in [3.63, 3.8) is 0 Å². The Morgan fingerprint density at radius 2 is 2.18 bits per heavy atom. The Labute approximate surface area is 105 Å². The first-order valence-electron chi connectivity index (χ1n) is 7.19. The molecule has 0 aromatic heterocycles. The number of hydrogen-bond donors (Lipinski definition) is 1. The van der Waals surface area contributed by atoms with Crippen LogP contribution in [0.25, 0.3) is 0 Å². The summed E-state index contributed by atoms with van der Waals surface area (Å²) in [6.07, 6.45) is 6.77. The molecule has 1 heteroatoms. The van der Waals surface area contributed by atoms with Crippen molar-refractivity contribution >= 4 is 0 Å². The van der Waals surface area contributed by atoms with E-state index < -0.39 is 0 Å². The van der Waals surface area contributed by atoms with E-state index in [9.17, 15) is 0 Å². The van der Waals surface area contributed by atoms with Crippen LogP contribution in [0, 0.1) is 5.92 Å². The molecular weight excluding hydrogens is 206 g/mol. The van der Waals surface area contributed by atoms with Gasteiger partial charge >= 0.3 is 0 Å². The topological polar surface area (TPSA) is 12.0 Å². The van der Waals surface area contributed by atoms with Crippen LogP contribution in [0.3, 0.4) is 0 Å². The maximum absolute atomic E-state index is 3.77. The average Bonchev–Trinajstić information content (AvgIpc) is 3.15. The van der Waals surface area contributed by atoms with Crippen molar-refractivity contribution in [2.75, 3.05) is 6.54 Å². The second kappa shape index (κ2) is 4.81. The van der Waals surface area contributed by atoms with Crippen molar-refractivity contribution < 1.29 is 0 Å². The minimum Gasteiger partial charge on any atom is -0.313 e. The van der Waals surface area contributed by atoms with Crippen molar-refractivity contribution in [2.24, 2.45) is 5.92 Å². The second-order valence-corrected chi connectivity index (χ2v) is 5.71. The zero-order valence-corrected chi connectivity index (χ0v) is 10.8. The predicted octanol–water partition coefficient (Wildman–Crippen LogP) is 3.49. The highest BCUT2D eigenvalue weighted by molar-refractivity contribution is 5.32. The van der Waals surface area contributed by atoms with Gasteiger partial charge in [-0.25, -0.2) is 0 Å². The largest absolute Gasteiger partial charge is 0.313 e. The molecule has 2 aliphatic carbocycles. The number of hydrogen-bond acceptors (Lipinski definition) is 1. The third-order valence-corrected chi connectivity index (χ3v) is 4.57. The van der Waals surface area contributed by atoms with E-state index in [1.807, 2.05) is 0 Å². The molecular formula is C16H23N. The number of fused-ring (bicyclic) bond motifs is 1. The lowest BCUT2D eigenvalue weighted by Crippen LogP contribution is -2.27. The van der Waals surface area contributed by atoms with E-state index in [1.165, 1.54) is 38.6 Å². The fraction of sp³-hybridized carbons (Fsp3) is 0.625. The molecule has 0 aliphatic heterocycles. The fourth-order valence-electron chi connectivity index (χ4n) is 3.31. The van der Waals surface area contributed by atoms with Crippen LogP contribution in [0.1, 0.15) is 49.7 Å². The van der Waals surface area contributed by atoms with E-state index in [4.69, 9.17) is 0 Å². The Morgan fingerprint density at radius 1 is 1.29 bits per heavy atom. The van der Waals surface area contributed by atoms with E-state index in [1.54, 1.807) is 11.1 Å². The van der Waals surface area contributed by atoms with Crippen molar-refractivity contribution in [1.29, 1.82) is 0 Å². The fourth-order valence-corrected chi connectivity index (χ4v) is 3.31. The van der Waals surface area contributed by atoms with E-state index in [0.29, 0.717) is 0 Å². The first kappa shape index (κ1) is 11.3. The second-order valence-electron chi connectivity index (χ2n) is 5.71. The SMILES string of the molecule is CCC1CC1NCC1CCCc2ccccc21. The minimum absolute atomic E-state index is 0.762. The Morgan fingerprint density at radius 3 is 3.00 bits per heavy atom. The number of aryl methyl sites for hydroxylation is 1. The van der Waals surface area contributed by atoms with Gasteiger partial charge in [-0.15, -0.1) is 0 Å². The quantitative estimate of drug-likeness (QED) is 0.833. The molecule has 3 rings (SSSR count). The molecule has 1 nitrogen and oxygen atoms in total. The molecule has 1 aromatic carbocycles. The molecule has 0 amide bonds. The van der Waals surface area contributed by atoms with Crippen LogP contribution in [0.5, 0.6) is 0 Å². The lowest BCUT2D eigenvalue weighted by atomic mass is 9.83. The summed E-state index contributed by atoms with van der Waals surface area (Å²) in [5.74, 6) is 1.73. The summed E-state index contributed by atoms with van der Waals surface area (Å²) >= 11 is 0. The van der Waals surface area contributed by atoms with Gasteiger partial charge in [0.15, 0.2) is 0 Å². The highest BCUT2D eigenvalue weighted by atomic mass is 15.0. The molecule has 1 N–H and O–H groups in total. The monoisotopic (exact) mass is 229 g/mol. The maximum Gasteiger partial charge on any atom is 0.00992 e. The lowest BCUT2D eigenvalue weighted by Gasteiger charge is -2.25. The molecule has 0 radical (unpaired) electrons. The standard InChI is InChI=1S/C16H23N/c1-2-12-10-16(12)17-11-14-8-5-7-13-6-3-4-9-15(13)14/h3-4,6,9,12,14,16-17H,2,5,7-8,10-11H2,1H3. The first-order chi connectivity index (χ1) is 8.38. The Bertz CT molecular complexity index is 385. The van der Waals surface area contributed by atoms with E-state index in [0.717, 1.165) is 17.9 Å². The molecule has 1 fully saturated rings. The number of rotatable bonds is 4. The molecule has 1 saturated carbocycles. The molecule has 92 valence electrons. The summed E-state index contributed by atoms with van der Waals surface area (Å²) in [5, 5.41) is 3.77. The molecule has 2 aliphatic rings. The highest BCUT2D eigenvalue weighted by Crippen LogP contribution is 2.35. The van der Waals surface area contributed by atoms with Gasteiger partial charge in [0.05, 0.1) is 0 Å². The number of benzene rings is 1. The summed E-state index contributed by atoms with van der Waals surface area (Å²) in [5.41, 5.74) is 3.20. The van der Waals surface area contributed by atoms with Crippen molar-refractivity contribution in [2.45, 2.75) is 51.0 Å². The minimum atomic E-state index is 0.762. The van der Waals surface area contributed by atoms with E-state index in [2.05, 4.69) is 36.5 Å². The van der Waals surface area contributed by atoms with Gasteiger partial charge in [0.1, 0.15) is 0 Å². The molecule has 0 bridgehead atoms. The van der Waals surface area contributed by atoms with Gasteiger partial charge in [-0.3, -0.25) is 0 Å². The molecule has 1 aromatic rings. The average molecular weight is 229 g/mol. The van der Waals surface area contributed by atoms with Crippen LogP contribution >= 0.6 is 0 Å². The summed E-state index contributed by atoms with van der Waals surface area (Å²) in [6, 6.07) is 9.86. The van der Waals surface area contributed by atoms with Crippen molar-refractivity contribution in [1.82, 2.24) is 5.32 Å². The van der Waals surface area contributed by atoms with Crippen molar-refractivity contribution in [3.8, 4) is 0 Å². The van der Waals surface area contributed by atoms with Crippen LogP contribution < -0.4 is 5.32 Å². The van der Waals surface area contributed by atoms with Gasteiger partial charge in [-0.2, -0.15) is 0 Å². The Kier molecular flexibility index (Phi) is 3.19. The number of nitrogens with one attached hydrogen (secondary N) is 1. The zero-order valence-electron chi connectivity index (χ0n) is 10.8. The van der Waals surface area contributed by atoms with Crippen LogP contribution in [0.4, 0.5) is 0 Å². The molecule has 3 unspecified atom stereocenters. The molecule has 17 heavy (non-hydrogen) atoms. The smallest absolute Gasteiger partial charge is 0.00992 e. The van der Waals surface area contributed by atoms with Crippen LogP contribution in [0.2, 0.25) is 0 Å². The summed E-state index contributed by atoms with van der Waals surface area (Å²) in [4.78, 5) is 0. The van der Waals surface area contributed by atoms with E-state index in [-0.39, 0.29) is 0 Å². The highest BCUT2D eigenvalue weighted by Gasteiger charge is 2.35. The lowest BCUT2D eigenvalue weighted by molar-refractivity contribution is 0.495. The Balaban J connectivity index is 1.61. The molecule has 0 heterocycles. The van der Waals surface area contributed by atoms with Gasteiger partial charge in [-0.1, -0.05) is 37.6 Å². The van der Waals surface area contributed by atoms with E-state index >= 15 is 0 Å². The van der Waals surface area contributed by atoms with Gasteiger partial charge < -0.3 is 5.32 Å². The summed E-state index contributed by atoms with van der Waals surface area (Å²) < 4.78 is 0. The molecule has 0 saturated heterocycles. The predicted molar refractivity (Wildman–Crippen MR) is 72.3 cm³/mol. The third-order valence-electron chi connectivity index (χ3n) is 4.57. The van der Waals surface area contributed by atoms with Gasteiger partial charge in [-0.05, 0) is 48.6 Å². The first-order valence-corrected chi connectivity index (χ1v) is 7.19. The summed E-state index contributed by atoms with van der Waals surface area (Å²) in [7, 11) is 0. The normalized spacial score (nSPS) is 31.0. The Hall–Kier alpha value is -0.820. The zero-order chi connectivity index (χ0) is 11.7. The summed E-state index contributed by atoms with van der Waals surface area (Å²) in [6.45, 7) is 3.50.